The van der Waals surface area contributed by atoms with E-state index in [9.17, 15) is 13.2 Å². The number of hydrogen-bond donors (Lipinski definition) is 2. The van der Waals surface area contributed by atoms with E-state index in [1.54, 1.807) is 0 Å². The molecule has 1 aliphatic rings. The van der Waals surface area contributed by atoms with Crippen molar-refractivity contribution in [1.29, 1.82) is 0 Å². The second-order valence-corrected chi connectivity index (χ2v) is 6.58. The first kappa shape index (κ1) is 15.0. The van der Waals surface area contributed by atoms with Crippen LogP contribution in [-0.2, 0) is 14.8 Å². The SMILES string of the molecule is CC1OCCC1CNS(=O)(=O)c1cccc(C(=O)O)c1. The van der Waals surface area contributed by atoms with Crippen LogP contribution in [0.15, 0.2) is 29.2 Å². The highest BCUT2D eigenvalue weighted by molar-refractivity contribution is 7.89. The molecule has 1 aliphatic heterocycles. The Morgan fingerprint density at radius 3 is 2.85 bits per heavy atom. The largest absolute Gasteiger partial charge is 0.478 e. The monoisotopic (exact) mass is 299 g/mol. The highest BCUT2D eigenvalue weighted by atomic mass is 32.2. The molecular weight excluding hydrogens is 282 g/mol. The quantitative estimate of drug-likeness (QED) is 0.849. The molecule has 6 nitrogen and oxygen atoms in total. The predicted octanol–water partition coefficient (Wildman–Crippen LogP) is 1.09. The maximum atomic E-state index is 12.1. The second-order valence-electron chi connectivity index (χ2n) is 4.81. The standard InChI is InChI=1S/C13H17NO5S/c1-9-11(5-6-19-9)8-14-20(17,18)12-4-2-3-10(7-12)13(15)16/h2-4,7,9,11,14H,5-6,8H2,1H3,(H,15,16). The molecule has 1 fully saturated rings. The third-order valence-electron chi connectivity index (χ3n) is 3.46. The summed E-state index contributed by atoms with van der Waals surface area (Å²) in [7, 11) is -3.70. The van der Waals surface area contributed by atoms with Gasteiger partial charge in [-0.2, -0.15) is 0 Å². The van der Waals surface area contributed by atoms with E-state index in [2.05, 4.69) is 4.72 Å². The van der Waals surface area contributed by atoms with Gasteiger partial charge < -0.3 is 9.84 Å². The van der Waals surface area contributed by atoms with Crippen molar-refractivity contribution in [3.05, 3.63) is 29.8 Å². The number of rotatable bonds is 5. The summed E-state index contributed by atoms with van der Waals surface area (Å²) in [5.41, 5.74) is -0.0505. The molecule has 0 aromatic heterocycles. The van der Waals surface area contributed by atoms with Crippen LogP contribution in [0.1, 0.15) is 23.7 Å². The van der Waals surface area contributed by atoms with Gasteiger partial charge in [0.25, 0.3) is 0 Å². The van der Waals surface area contributed by atoms with Crippen molar-refractivity contribution in [3.63, 3.8) is 0 Å². The summed E-state index contributed by atoms with van der Waals surface area (Å²) in [6, 6.07) is 5.30. The molecule has 1 heterocycles. The molecule has 0 saturated carbocycles. The number of sulfonamides is 1. The molecule has 0 spiro atoms. The lowest BCUT2D eigenvalue weighted by molar-refractivity contribution is 0.0696. The van der Waals surface area contributed by atoms with E-state index >= 15 is 0 Å². The van der Waals surface area contributed by atoms with Crippen LogP contribution in [0, 0.1) is 5.92 Å². The van der Waals surface area contributed by atoms with Gasteiger partial charge in [0.15, 0.2) is 0 Å². The van der Waals surface area contributed by atoms with E-state index < -0.39 is 16.0 Å². The molecule has 2 unspecified atom stereocenters. The third-order valence-corrected chi connectivity index (χ3v) is 4.88. The van der Waals surface area contributed by atoms with Crippen molar-refractivity contribution in [2.45, 2.75) is 24.3 Å². The molecule has 1 aromatic carbocycles. The third kappa shape index (κ3) is 3.36. The molecular formula is C13H17NO5S. The van der Waals surface area contributed by atoms with E-state index in [1.165, 1.54) is 18.2 Å². The topological polar surface area (TPSA) is 92.7 Å². The smallest absolute Gasteiger partial charge is 0.335 e. The van der Waals surface area contributed by atoms with E-state index in [4.69, 9.17) is 9.84 Å². The summed E-state index contributed by atoms with van der Waals surface area (Å²) >= 11 is 0. The minimum absolute atomic E-state index is 0.0306. The fourth-order valence-corrected chi connectivity index (χ4v) is 3.28. The molecule has 2 atom stereocenters. The Balaban J connectivity index is 2.10. The fourth-order valence-electron chi connectivity index (χ4n) is 2.14. The zero-order valence-electron chi connectivity index (χ0n) is 11.1. The molecule has 110 valence electrons. The van der Waals surface area contributed by atoms with Gasteiger partial charge in [-0.3, -0.25) is 0 Å². The van der Waals surface area contributed by atoms with Crippen molar-refractivity contribution >= 4 is 16.0 Å². The normalized spacial score (nSPS) is 22.9. The summed E-state index contributed by atoms with van der Waals surface area (Å²) in [6.07, 6.45) is 0.849. The van der Waals surface area contributed by atoms with E-state index in [0.717, 1.165) is 12.5 Å². The van der Waals surface area contributed by atoms with Crippen LogP contribution in [0.5, 0.6) is 0 Å². The number of carbonyl (C=O) groups is 1. The summed E-state index contributed by atoms with van der Waals surface area (Å²) in [5.74, 6) is -1.01. The lowest BCUT2D eigenvalue weighted by Crippen LogP contribution is -2.32. The molecule has 2 rings (SSSR count). The number of hydrogen-bond acceptors (Lipinski definition) is 4. The average molecular weight is 299 g/mol. The molecule has 0 aliphatic carbocycles. The van der Waals surface area contributed by atoms with Gasteiger partial charge in [0.1, 0.15) is 0 Å². The van der Waals surface area contributed by atoms with Crippen molar-refractivity contribution in [2.75, 3.05) is 13.2 Å². The van der Waals surface area contributed by atoms with Gasteiger partial charge in [-0.15, -0.1) is 0 Å². The van der Waals surface area contributed by atoms with Crippen LogP contribution in [0.2, 0.25) is 0 Å². The van der Waals surface area contributed by atoms with Crippen molar-refractivity contribution in [2.24, 2.45) is 5.92 Å². The van der Waals surface area contributed by atoms with E-state index in [1.807, 2.05) is 6.92 Å². The number of ether oxygens (including phenoxy) is 1. The molecule has 20 heavy (non-hydrogen) atoms. The van der Waals surface area contributed by atoms with E-state index in [0.29, 0.717) is 13.2 Å². The average Bonchev–Trinajstić information content (AvgIpc) is 2.82. The van der Waals surface area contributed by atoms with Gasteiger partial charge in [0.2, 0.25) is 10.0 Å². The Kier molecular flexibility index (Phi) is 4.42. The molecule has 1 saturated heterocycles. The summed E-state index contributed by atoms with van der Waals surface area (Å²) in [5, 5.41) is 8.88. The molecule has 2 N–H and O–H groups in total. The number of aromatic carboxylic acids is 1. The number of carboxylic acid groups (broad SMARTS) is 1. The minimum Gasteiger partial charge on any atom is -0.478 e. The summed E-state index contributed by atoms with van der Waals surface area (Å²) in [4.78, 5) is 10.8. The number of nitrogens with one attached hydrogen (secondary N) is 1. The molecule has 7 heteroatoms. The molecule has 0 amide bonds. The first-order valence-corrected chi connectivity index (χ1v) is 7.83. The molecule has 0 radical (unpaired) electrons. The Morgan fingerprint density at radius 2 is 2.25 bits per heavy atom. The Labute approximate surface area is 117 Å². The van der Waals surface area contributed by atoms with Gasteiger partial charge >= 0.3 is 5.97 Å². The molecule has 1 aromatic rings. The van der Waals surface area contributed by atoms with Gasteiger partial charge in [0.05, 0.1) is 16.6 Å². The Morgan fingerprint density at radius 1 is 1.50 bits per heavy atom. The van der Waals surface area contributed by atoms with Crippen LogP contribution in [0.3, 0.4) is 0 Å². The lowest BCUT2D eigenvalue weighted by atomic mass is 10.0. The minimum atomic E-state index is -3.70. The van der Waals surface area contributed by atoms with Crippen molar-refractivity contribution in [1.82, 2.24) is 4.72 Å². The number of carboxylic acids is 1. The van der Waals surface area contributed by atoms with Gasteiger partial charge in [0, 0.05) is 19.1 Å². The van der Waals surface area contributed by atoms with Gasteiger partial charge in [-0.25, -0.2) is 17.9 Å². The van der Waals surface area contributed by atoms with Gasteiger partial charge in [-0.1, -0.05) is 6.07 Å². The summed E-state index contributed by atoms with van der Waals surface area (Å²) < 4.78 is 32.1. The van der Waals surface area contributed by atoms with E-state index in [-0.39, 0.29) is 22.5 Å². The van der Waals surface area contributed by atoms with Crippen molar-refractivity contribution in [3.8, 4) is 0 Å². The number of benzene rings is 1. The zero-order chi connectivity index (χ0) is 14.8. The highest BCUT2D eigenvalue weighted by Crippen LogP contribution is 2.20. The Hall–Kier alpha value is -1.44. The second kappa shape index (κ2) is 5.90. The van der Waals surface area contributed by atoms with Crippen LogP contribution >= 0.6 is 0 Å². The van der Waals surface area contributed by atoms with Crippen LogP contribution in [0.4, 0.5) is 0 Å². The van der Waals surface area contributed by atoms with Crippen LogP contribution in [-0.4, -0.2) is 38.7 Å². The summed E-state index contributed by atoms with van der Waals surface area (Å²) in [6.45, 7) is 2.85. The lowest BCUT2D eigenvalue weighted by Gasteiger charge is -2.15. The fraction of sp³-hybridized carbons (Fsp3) is 0.462. The maximum Gasteiger partial charge on any atom is 0.335 e. The first-order valence-electron chi connectivity index (χ1n) is 6.35. The first-order chi connectivity index (χ1) is 9.40. The highest BCUT2D eigenvalue weighted by Gasteiger charge is 2.26. The predicted molar refractivity (Wildman–Crippen MR) is 72.1 cm³/mol. The van der Waals surface area contributed by atoms with Crippen LogP contribution < -0.4 is 4.72 Å². The Bertz CT molecular complexity index is 599. The van der Waals surface area contributed by atoms with Gasteiger partial charge in [-0.05, 0) is 31.5 Å². The molecule has 0 bridgehead atoms. The zero-order valence-corrected chi connectivity index (χ0v) is 11.9. The maximum absolute atomic E-state index is 12.1. The van der Waals surface area contributed by atoms with Crippen LogP contribution in [0.25, 0.3) is 0 Å². The van der Waals surface area contributed by atoms with Crippen molar-refractivity contribution < 1.29 is 23.1 Å².